The van der Waals surface area contributed by atoms with Crippen LogP contribution in [0.1, 0.15) is 36.5 Å². The maximum atomic E-state index is 13.1. The third kappa shape index (κ3) is 3.80. The lowest BCUT2D eigenvalue weighted by atomic mass is 9.70. The van der Waals surface area contributed by atoms with Crippen LogP contribution < -0.4 is 5.32 Å². The zero-order valence-electron chi connectivity index (χ0n) is 15.3. The van der Waals surface area contributed by atoms with Crippen LogP contribution in [0, 0.1) is 12.3 Å². The lowest BCUT2D eigenvalue weighted by molar-refractivity contribution is -0.124. The van der Waals surface area contributed by atoms with Gasteiger partial charge >= 0.3 is 0 Å². The van der Waals surface area contributed by atoms with Gasteiger partial charge in [0.15, 0.2) is 0 Å². The summed E-state index contributed by atoms with van der Waals surface area (Å²) in [5, 5.41) is 2.92. The summed E-state index contributed by atoms with van der Waals surface area (Å²) < 4.78 is 0. The van der Waals surface area contributed by atoms with Crippen LogP contribution in [0.15, 0.2) is 73.2 Å². The number of hydrogen-bond acceptors (Lipinski definition) is 3. The van der Waals surface area contributed by atoms with Crippen molar-refractivity contribution >= 4 is 11.7 Å². The molecule has 0 spiro atoms. The van der Waals surface area contributed by atoms with Gasteiger partial charge in [-0.1, -0.05) is 74.0 Å². The van der Waals surface area contributed by atoms with Gasteiger partial charge in [-0.25, -0.2) is 9.97 Å². The van der Waals surface area contributed by atoms with Gasteiger partial charge in [-0.3, -0.25) is 4.79 Å². The molecule has 0 unspecified atom stereocenters. The number of hydrogen-bond donors (Lipinski definition) is 1. The first-order chi connectivity index (χ1) is 12.5. The van der Waals surface area contributed by atoms with E-state index in [0.29, 0.717) is 5.82 Å². The van der Waals surface area contributed by atoms with E-state index < -0.39 is 5.41 Å². The minimum atomic E-state index is -0.679. The average molecular weight is 345 g/mol. The van der Waals surface area contributed by atoms with Gasteiger partial charge in [-0.15, -0.1) is 0 Å². The van der Waals surface area contributed by atoms with E-state index in [0.717, 1.165) is 11.1 Å². The number of nitrogens with zero attached hydrogens (tertiary/aromatic N) is 2. The second-order valence-corrected chi connectivity index (χ2v) is 7.02. The summed E-state index contributed by atoms with van der Waals surface area (Å²) in [5.41, 5.74) is 2.74. The number of anilines is 1. The Balaban J connectivity index is 1.99. The molecule has 4 heteroatoms. The van der Waals surface area contributed by atoms with Gasteiger partial charge in [-0.05, 0) is 24.1 Å². The van der Waals surface area contributed by atoms with E-state index in [1.165, 1.54) is 11.9 Å². The molecule has 0 bridgehead atoms. The van der Waals surface area contributed by atoms with Crippen molar-refractivity contribution in [2.75, 3.05) is 5.32 Å². The molecule has 0 radical (unpaired) electrons. The predicted octanol–water partition coefficient (Wildman–Crippen LogP) is 4.58. The van der Waals surface area contributed by atoms with Gasteiger partial charge in [0, 0.05) is 12.1 Å². The molecule has 1 atom stereocenters. The summed E-state index contributed by atoms with van der Waals surface area (Å²) in [5.74, 6) is 0.352. The smallest absolute Gasteiger partial charge is 0.232 e. The maximum absolute atomic E-state index is 13.1. The minimum absolute atomic E-state index is 0.0777. The normalized spacial score (nSPS) is 12.4. The molecule has 1 N–H and O–H groups in total. The van der Waals surface area contributed by atoms with Gasteiger partial charge in [0.25, 0.3) is 0 Å². The number of aryl methyl sites for hydroxylation is 1. The lowest BCUT2D eigenvalue weighted by Crippen LogP contribution is -2.37. The van der Waals surface area contributed by atoms with Crippen molar-refractivity contribution in [3.63, 3.8) is 0 Å². The fourth-order valence-corrected chi connectivity index (χ4v) is 3.20. The molecule has 4 nitrogen and oxygen atoms in total. The molecule has 26 heavy (non-hydrogen) atoms. The van der Waals surface area contributed by atoms with Gasteiger partial charge < -0.3 is 5.32 Å². The average Bonchev–Trinajstić information content (AvgIpc) is 2.65. The Morgan fingerprint density at radius 1 is 0.962 bits per heavy atom. The molecule has 0 aliphatic rings. The summed E-state index contributed by atoms with van der Waals surface area (Å²) in [7, 11) is 0. The number of carbonyl (C=O) groups is 1. The van der Waals surface area contributed by atoms with E-state index >= 15 is 0 Å². The first-order valence-electron chi connectivity index (χ1n) is 8.67. The van der Waals surface area contributed by atoms with E-state index in [9.17, 15) is 4.79 Å². The van der Waals surface area contributed by atoms with E-state index in [4.69, 9.17) is 0 Å². The molecular formula is C22H23N3O. The zero-order chi connectivity index (χ0) is 18.6. The van der Waals surface area contributed by atoms with Crippen molar-refractivity contribution in [1.82, 2.24) is 9.97 Å². The Morgan fingerprint density at radius 3 is 2.23 bits per heavy atom. The molecule has 0 fully saturated rings. The first-order valence-corrected chi connectivity index (χ1v) is 8.67. The van der Waals surface area contributed by atoms with Crippen molar-refractivity contribution in [1.29, 1.82) is 0 Å². The molecule has 0 aliphatic carbocycles. The lowest BCUT2D eigenvalue weighted by Gasteiger charge is -2.34. The Labute approximate surface area is 154 Å². The second kappa shape index (κ2) is 7.48. The largest absolute Gasteiger partial charge is 0.310 e. The predicted molar refractivity (Wildman–Crippen MR) is 104 cm³/mol. The van der Waals surface area contributed by atoms with Crippen molar-refractivity contribution in [2.24, 2.45) is 5.41 Å². The highest BCUT2D eigenvalue weighted by molar-refractivity contribution is 5.95. The Morgan fingerprint density at radius 2 is 1.62 bits per heavy atom. The number of benzene rings is 2. The summed E-state index contributed by atoms with van der Waals surface area (Å²) in [4.78, 5) is 21.1. The molecule has 0 saturated carbocycles. The van der Waals surface area contributed by atoms with Gasteiger partial charge in [0.05, 0.1) is 5.41 Å². The van der Waals surface area contributed by atoms with E-state index in [1.807, 2.05) is 32.0 Å². The van der Waals surface area contributed by atoms with Crippen LogP contribution in [0.5, 0.6) is 0 Å². The summed E-state index contributed by atoms with van der Waals surface area (Å²) in [6.07, 6.45) is 3.04. The highest BCUT2D eigenvalue weighted by atomic mass is 16.2. The molecule has 3 rings (SSSR count). The molecular weight excluding hydrogens is 322 g/mol. The van der Waals surface area contributed by atoms with Crippen LogP contribution in [-0.4, -0.2) is 15.9 Å². The fraction of sp³-hybridized carbons (Fsp3) is 0.227. The summed E-state index contributed by atoms with van der Waals surface area (Å²) in [6.45, 7) is 6.01. The zero-order valence-corrected chi connectivity index (χ0v) is 15.3. The number of amides is 1. The number of rotatable bonds is 5. The molecule has 1 amide bonds. The fourth-order valence-electron chi connectivity index (χ4n) is 3.20. The SMILES string of the molecule is Cc1ccc([C@H](c2ccccc2)C(C)(C)C(=O)Nc2ccncn2)cc1. The summed E-state index contributed by atoms with van der Waals surface area (Å²) >= 11 is 0. The molecule has 3 aromatic rings. The maximum Gasteiger partial charge on any atom is 0.232 e. The third-order valence-electron chi connectivity index (χ3n) is 4.67. The summed E-state index contributed by atoms with van der Waals surface area (Å²) in [6, 6.07) is 20.2. The van der Waals surface area contributed by atoms with Crippen molar-refractivity contribution < 1.29 is 4.79 Å². The van der Waals surface area contributed by atoms with Crippen LogP contribution >= 0.6 is 0 Å². The highest BCUT2D eigenvalue weighted by Crippen LogP contribution is 2.41. The molecule has 132 valence electrons. The standard InChI is InChI=1S/C22H23N3O/c1-16-9-11-18(12-10-16)20(17-7-5-4-6-8-17)22(2,3)21(26)25-19-13-14-23-15-24-19/h4-15,20H,1-3H3,(H,23,24,25,26)/t20-/m0/s1. The van der Waals surface area contributed by atoms with E-state index in [2.05, 4.69) is 58.6 Å². The van der Waals surface area contributed by atoms with Crippen molar-refractivity contribution in [2.45, 2.75) is 26.7 Å². The van der Waals surface area contributed by atoms with Crippen LogP contribution in [-0.2, 0) is 4.79 Å². The van der Waals surface area contributed by atoms with E-state index in [-0.39, 0.29) is 11.8 Å². The van der Waals surface area contributed by atoms with Gasteiger partial charge in [0.1, 0.15) is 12.1 Å². The number of carbonyl (C=O) groups excluding carboxylic acids is 1. The van der Waals surface area contributed by atoms with Crippen molar-refractivity contribution in [3.8, 4) is 0 Å². The Kier molecular flexibility index (Phi) is 5.12. The van der Waals surface area contributed by atoms with Crippen LogP contribution in [0.3, 0.4) is 0 Å². The Hall–Kier alpha value is -3.01. The van der Waals surface area contributed by atoms with Crippen molar-refractivity contribution in [3.05, 3.63) is 89.9 Å². The second-order valence-electron chi connectivity index (χ2n) is 7.02. The molecule has 1 aromatic heterocycles. The Bertz CT molecular complexity index is 859. The minimum Gasteiger partial charge on any atom is -0.310 e. The molecule has 0 saturated heterocycles. The molecule has 0 aliphatic heterocycles. The topological polar surface area (TPSA) is 54.9 Å². The highest BCUT2D eigenvalue weighted by Gasteiger charge is 2.39. The quantitative estimate of drug-likeness (QED) is 0.736. The third-order valence-corrected chi connectivity index (χ3v) is 4.67. The van der Waals surface area contributed by atoms with Gasteiger partial charge in [0.2, 0.25) is 5.91 Å². The van der Waals surface area contributed by atoms with Crippen LogP contribution in [0.4, 0.5) is 5.82 Å². The molecule has 1 heterocycles. The number of aromatic nitrogens is 2. The molecule has 2 aromatic carbocycles. The first kappa shape index (κ1) is 17.8. The number of nitrogens with one attached hydrogen (secondary N) is 1. The van der Waals surface area contributed by atoms with Gasteiger partial charge in [-0.2, -0.15) is 0 Å². The van der Waals surface area contributed by atoms with Crippen LogP contribution in [0.2, 0.25) is 0 Å². The van der Waals surface area contributed by atoms with E-state index in [1.54, 1.807) is 12.3 Å². The van der Waals surface area contributed by atoms with Crippen LogP contribution in [0.25, 0.3) is 0 Å². The monoisotopic (exact) mass is 345 g/mol.